The maximum Gasteiger partial charge on any atom is 0.184 e. The second-order valence-electron chi connectivity index (χ2n) is 12.2. The van der Waals surface area contributed by atoms with E-state index in [9.17, 15) is 9.18 Å². The highest BCUT2D eigenvalue weighted by Crippen LogP contribution is 2.39. The fourth-order valence-electron chi connectivity index (χ4n) is 5.48. The van der Waals surface area contributed by atoms with E-state index in [0.29, 0.717) is 36.6 Å². The minimum absolute atomic E-state index is 0.00704. The molecule has 0 spiro atoms. The molecular weight excluding hydrogens is 559 g/mol. The number of ketones is 1. The Morgan fingerprint density at radius 3 is 2.40 bits per heavy atom. The molecule has 0 fully saturated rings. The fraction of sp³-hybridized carbons (Fsp3) is 0.395. The standard InChI is InChI=1S/C38H46ClFO3/c1-10-25(5)36(24(3)4)37-26(6)30(19-20-33(37)39)32(29(11-2)34(41)23-43-38(7,8)9)15-13-21-42-35-16-12-14-27-22-28(40)17-18-31(27)35/h10,12,14,16-20,22H,11,13,15,21,23H2,1-9H3/b25-10-,32-29+. The molecule has 0 N–H and O–H groups in total. The molecule has 0 atom stereocenters. The highest BCUT2D eigenvalue weighted by Gasteiger charge is 2.23. The van der Waals surface area contributed by atoms with Gasteiger partial charge < -0.3 is 9.47 Å². The third kappa shape index (κ3) is 8.68. The van der Waals surface area contributed by atoms with Crippen LogP contribution >= 0.6 is 11.6 Å². The zero-order valence-corrected chi connectivity index (χ0v) is 28.0. The van der Waals surface area contributed by atoms with Crippen LogP contribution in [0.25, 0.3) is 21.9 Å². The van der Waals surface area contributed by atoms with Crippen molar-refractivity contribution in [3.05, 3.63) is 98.9 Å². The van der Waals surface area contributed by atoms with E-state index in [1.165, 1.54) is 17.7 Å². The van der Waals surface area contributed by atoms with Crippen LogP contribution in [0.15, 0.2) is 71.3 Å². The number of carbonyl (C=O) groups is 1. The molecular formula is C38H46ClFO3. The maximum atomic E-state index is 13.8. The van der Waals surface area contributed by atoms with Gasteiger partial charge in [-0.05, 0) is 138 Å². The van der Waals surface area contributed by atoms with Gasteiger partial charge in [0.1, 0.15) is 18.2 Å². The summed E-state index contributed by atoms with van der Waals surface area (Å²) >= 11 is 6.87. The SMILES string of the molecule is C/C=C(/C)C(=C(C)C)c1c(Cl)ccc(/C(CCCOc2cccc3cc(F)ccc23)=C(\CC)C(=O)COC(C)(C)C)c1C. The quantitative estimate of drug-likeness (QED) is 0.117. The third-order valence-corrected chi connectivity index (χ3v) is 7.95. The van der Waals surface area contributed by atoms with Crippen molar-refractivity contribution in [2.45, 2.75) is 87.2 Å². The Hall–Kier alpha value is -3.21. The number of rotatable bonds is 12. The molecule has 3 nitrogen and oxygen atoms in total. The molecule has 0 aliphatic heterocycles. The van der Waals surface area contributed by atoms with Crippen molar-refractivity contribution < 1.29 is 18.7 Å². The predicted octanol–water partition coefficient (Wildman–Crippen LogP) is 11.1. The van der Waals surface area contributed by atoms with E-state index in [1.54, 1.807) is 6.07 Å². The molecule has 43 heavy (non-hydrogen) atoms. The number of Topliss-reactive ketones (excluding diaryl/α,β-unsaturated/α-hetero) is 1. The molecule has 0 amide bonds. The fourth-order valence-corrected chi connectivity index (χ4v) is 5.78. The van der Waals surface area contributed by atoms with Gasteiger partial charge in [0.2, 0.25) is 0 Å². The lowest BCUT2D eigenvalue weighted by Crippen LogP contribution is -2.24. The first-order valence-electron chi connectivity index (χ1n) is 15.1. The summed E-state index contributed by atoms with van der Waals surface area (Å²) in [6, 6.07) is 14.4. The van der Waals surface area contributed by atoms with Crippen molar-refractivity contribution in [2.75, 3.05) is 13.2 Å². The lowest BCUT2D eigenvalue weighted by molar-refractivity contribution is -0.124. The number of benzene rings is 3. The molecule has 0 aliphatic rings. The number of halogens is 2. The van der Waals surface area contributed by atoms with E-state index in [0.717, 1.165) is 49.8 Å². The van der Waals surface area contributed by atoms with E-state index in [4.69, 9.17) is 21.1 Å². The van der Waals surface area contributed by atoms with Gasteiger partial charge in [0, 0.05) is 21.5 Å². The first-order chi connectivity index (χ1) is 20.3. The van der Waals surface area contributed by atoms with E-state index >= 15 is 0 Å². The van der Waals surface area contributed by atoms with Gasteiger partial charge in [-0.15, -0.1) is 0 Å². The average Bonchev–Trinajstić information content (AvgIpc) is 2.94. The Morgan fingerprint density at radius 1 is 1.05 bits per heavy atom. The molecule has 3 rings (SSSR count). The smallest absolute Gasteiger partial charge is 0.184 e. The summed E-state index contributed by atoms with van der Waals surface area (Å²) < 4.78 is 25.9. The van der Waals surface area contributed by atoms with E-state index in [1.807, 2.05) is 65.0 Å². The van der Waals surface area contributed by atoms with Crippen LogP contribution in [0.1, 0.15) is 91.3 Å². The zero-order valence-electron chi connectivity index (χ0n) is 27.2. The maximum absolute atomic E-state index is 13.8. The second-order valence-corrected chi connectivity index (χ2v) is 12.6. The highest BCUT2D eigenvalue weighted by atomic mass is 35.5. The Labute approximate surface area is 262 Å². The first kappa shape index (κ1) is 34.3. The minimum atomic E-state index is -0.421. The van der Waals surface area contributed by atoms with Crippen LogP contribution in [0.5, 0.6) is 5.75 Å². The zero-order chi connectivity index (χ0) is 31.9. The molecule has 0 saturated heterocycles. The largest absolute Gasteiger partial charge is 0.493 e. The first-order valence-corrected chi connectivity index (χ1v) is 15.5. The van der Waals surface area contributed by atoms with Crippen molar-refractivity contribution in [1.82, 2.24) is 0 Å². The van der Waals surface area contributed by atoms with Crippen LogP contribution in [-0.4, -0.2) is 24.6 Å². The third-order valence-electron chi connectivity index (χ3n) is 7.64. The van der Waals surface area contributed by atoms with Crippen LogP contribution in [0.4, 0.5) is 4.39 Å². The molecule has 0 bridgehead atoms. The van der Waals surface area contributed by atoms with Crippen LogP contribution in [0, 0.1) is 12.7 Å². The number of hydrogen-bond donors (Lipinski definition) is 0. The van der Waals surface area contributed by atoms with Crippen molar-refractivity contribution >= 4 is 39.3 Å². The Morgan fingerprint density at radius 2 is 1.77 bits per heavy atom. The van der Waals surface area contributed by atoms with Crippen molar-refractivity contribution in [2.24, 2.45) is 0 Å². The molecule has 0 saturated carbocycles. The molecule has 3 aromatic carbocycles. The highest BCUT2D eigenvalue weighted by molar-refractivity contribution is 6.33. The number of allylic oxidation sites excluding steroid dienone is 5. The van der Waals surface area contributed by atoms with Crippen molar-refractivity contribution in [3.8, 4) is 5.75 Å². The summed E-state index contributed by atoms with van der Waals surface area (Å²) in [6.07, 6.45) is 4.01. The van der Waals surface area contributed by atoms with Gasteiger partial charge in [-0.1, -0.05) is 48.4 Å². The summed E-state index contributed by atoms with van der Waals surface area (Å²) in [5.74, 6) is 0.436. The number of ether oxygens (including phenoxy) is 2. The van der Waals surface area contributed by atoms with E-state index in [2.05, 4.69) is 33.8 Å². The van der Waals surface area contributed by atoms with Gasteiger partial charge in [-0.25, -0.2) is 4.39 Å². The van der Waals surface area contributed by atoms with Crippen LogP contribution in [-0.2, 0) is 9.53 Å². The Bertz CT molecular complexity index is 1570. The average molecular weight is 605 g/mol. The summed E-state index contributed by atoms with van der Waals surface area (Å²) in [4.78, 5) is 13.6. The molecule has 5 heteroatoms. The van der Waals surface area contributed by atoms with E-state index < -0.39 is 5.60 Å². The topological polar surface area (TPSA) is 35.5 Å². The van der Waals surface area contributed by atoms with Crippen molar-refractivity contribution in [1.29, 1.82) is 0 Å². The van der Waals surface area contributed by atoms with Gasteiger partial charge >= 0.3 is 0 Å². The van der Waals surface area contributed by atoms with Crippen LogP contribution in [0.3, 0.4) is 0 Å². The summed E-state index contributed by atoms with van der Waals surface area (Å²) in [6.45, 7) is 18.8. The number of carbonyl (C=O) groups excluding carboxylic acids is 1. The van der Waals surface area contributed by atoms with Gasteiger partial charge in [0.25, 0.3) is 0 Å². The normalized spacial score (nSPS) is 12.8. The number of hydrogen-bond acceptors (Lipinski definition) is 3. The minimum Gasteiger partial charge on any atom is -0.493 e. The molecule has 0 aromatic heterocycles. The monoisotopic (exact) mass is 604 g/mol. The summed E-state index contributed by atoms with van der Waals surface area (Å²) in [5.41, 5.74) is 7.87. The van der Waals surface area contributed by atoms with Crippen LogP contribution in [0.2, 0.25) is 5.02 Å². The molecule has 0 aliphatic carbocycles. The second kappa shape index (κ2) is 15.0. The lowest BCUT2D eigenvalue weighted by Gasteiger charge is -2.23. The molecule has 0 unspecified atom stereocenters. The Kier molecular flexibility index (Phi) is 12.0. The van der Waals surface area contributed by atoms with Gasteiger partial charge in [-0.3, -0.25) is 4.79 Å². The van der Waals surface area contributed by atoms with Crippen LogP contribution < -0.4 is 4.74 Å². The lowest BCUT2D eigenvalue weighted by atomic mass is 9.84. The van der Waals surface area contributed by atoms with E-state index in [-0.39, 0.29) is 18.2 Å². The van der Waals surface area contributed by atoms with Crippen molar-refractivity contribution in [3.63, 3.8) is 0 Å². The molecule has 0 heterocycles. The number of fused-ring (bicyclic) bond motifs is 1. The summed E-state index contributed by atoms with van der Waals surface area (Å²) in [5, 5.41) is 2.36. The predicted molar refractivity (Wildman–Crippen MR) is 180 cm³/mol. The Balaban J connectivity index is 2.04. The molecule has 3 aromatic rings. The molecule has 0 radical (unpaired) electrons. The van der Waals surface area contributed by atoms with Gasteiger partial charge in [-0.2, -0.15) is 0 Å². The van der Waals surface area contributed by atoms with Gasteiger partial charge in [0.05, 0.1) is 12.2 Å². The van der Waals surface area contributed by atoms with Gasteiger partial charge in [0.15, 0.2) is 5.78 Å². The summed E-state index contributed by atoms with van der Waals surface area (Å²) in [7, 11) is 0. The molecule has 230 valence electrons.